The SMILES string of the molecule is CN1C2CCC(CO)(C2)C[C@@H]1O. The van der Waals surface area contributed by atoms with Gasteiger partial charge in [0.2, 0.25) is 0 Å². The molecule has 3 heteroatoms. The van der Waals surface area contributed by atoms with Gasteiger partial charge in [0.1, 0.15) is 6.23 Å². The van der Waals surface area contributed by atoms with Crippen LogP contribution in [0.1, 0.15) is 25.7 Å². The molecule has 0 aromatic carbocycles. The molecule has 1 heterocycles. The van der Waals surface area contributed by atoms with Crippen LogP contribution in [0, 0.1) is 5.41 Å². The number of likely N-dealkylation sites (tertiary alicyclic amines) is 1. The van der Waals surface area contributed by atoms with E-state index in [4.69, 9.17) is 0 Å². The molecule has 2 aliphatic rings. The van der Waals surface area contributed by atoms with E-state index in [1.54, 1.807) is 0 Å². The number of hydrogen-bond donors (Lipinski definition) is 2. The first-order chi connectivity index (χ1) is 5.67. The van der Waals surface area contributed by atoms with E-state index in [-0.39, 0.29) is 18.2 Å². The van der Waals surface area contributed by atoms with Crippen LogP contribution in [0.5, 0.6) is 0 Å². The number of piperidine rings is 1. The molecule has 2 rings (SSSR count). The summed E-state index contributed by atoms with van der Waals surface area (Å²) in [5.74, 6) is 0. The second-order valence-electron chi connectivity index (χ2n) is 4.40. The molecule has 2 fully saturated rings. The van der Waals surface area contributed by atoms with Crippen LogP contribution in [0.3, 0.4) is 0 Å². The predicted octanol–water partition coefficient (Wildman–Crippen LogP) is 0.171. The fourth-order valence-corrected chi connectivity index (χ4v) is 2.69. The fourth-order valence-electron chi connectivity index (χ4n) is 2.69. The maximum atomic E-state index is 9.67. The van der Waals surface area contributed by atoms with E-state index in [2.05, 4.69) is 0 Å². The molecular formula is C9H17NO2. The molecule has 0 amide bonds. The molecule has 1 aliphatic carbocycles. The normalized spacial score (nSPS) is 48.2. The highest BCUT2D eigenvalue weighted by Gasteiger charge is 2.47. The van der Waals surface area contributed by atoms with Crippen LogP contribution < -0.4 is 0 Å². The highest BCUT2D eigenvalue weighted by atomic mass is 16.3. The van der Waals surface area contributed by atoms with Crippen molar-refractivity contribution in [3.8, 4) is 0 Å². The average molecular weight is 171 g/mol. The molecule has 12 heavy (non-hydrogen) atoms. The van der Waals surface area contributed by atoms with Gasteiger partial charge in [-0.1, -0.05) is 0 Å². The van der Waals surface area contributed by atoms with Gasteiger partial charge in [0.05, 0.1) is 0 Å². The summed E-state index contributed by atoms with van der Waals surface area (Å²) >= 11 is 0. The molecule has 0 radical (unpaired) electrons. The Labute approximate surface area is 73.0 Å². The lowest BCUT2D eigenvalue weighted by atomic mass is 9.80. The van der Waals surface area contributed by atoms with Crippen molar-refractivity contribution < 1.29 is 10.2 Å². The van der Waals surface area contributed by atoms with E-state index in [0.29, 0.717) is 6.04 Å². The van der Waals surface area contributed by atoms with Gasteiger partial charge in [0.25, 0.3) is 0 Å². The molecule has 1 saturated heterocycles. The van der Waals surface area contributed by atoms with Crippen LogP contribution in [0.15, 0.2) is 0 Å². The predicted molar refractivity (Wildman–Crippen MR) is 45.5 cm³/mol. The lowest BCUT2D eigenvalue weighted by Crippen LogP contribution is -2.47. The third-order valence-corrected chi connectivity index (χ3v) is 3.67. The molecule has 3 nitrogen and oxygen atoms in total. The van der Waals surface area contributed by atoms with Crippen molar-refractivity contribution in [2.75, 3.05) is 13.7 Å². The summed E-state index contributed by atoms with van der Waals surface area (Å²) in [6, 6.07) is 0.501. The van der Waals surface area contributed by atoms with Gasteiger partial charge in [0, 0.05) is 12.6 Å². The Morgan fingerprint density at radius 1 is 1.50 bits per heavy atom. The van der Waals surface area contributed by atoms with E-state index < -0.39 is 0 Å². The van der Waals surface area contributed by atoms with Gasteiger partial charge in [-0.3, -0.25) is 4.90 Å². The highest BCUT2D eigenvalue weighted by Crippen LogP contribution is 2.47. The van der Waals surface area contributed by atoms with Gasteiger partial charge in [-0.15, -0.1) is 0 Å². The van der Waals surface area contributed by atoms with E-state index in [0.717, 1.165) is 25.7 Å². The maximum Gasteiger partial charge on any atom is 0.108 e. The highest BCUT2D eigenvalue weighted by molar-refractivity contribution is 4.98. The molecule has 70 valence electrons. The minimum Gasteiger partial charge on any atom is -0.396 e. The number of hydrogen-bond acceptors (Lipinski definition) is 3. The Balaban J connectivity index is 2.16. The molecule has 0 spiro atoms. The summed E-state index contributed by atoms with van der Waals surface area (Å²) < 4.78 is 0. The lowest BCUT2D eigenvalue weighted by Gasteiger charge is -2.40. The molecule has 3 atom stereocenters. The number of fused-ring (bicyclic) bond motifs is 2. The van der Waals surface area contributed by atoms with Crippen LogP contribution in [0.2, 0.25) is 0 Å². The summed E-state index contributed by atoms with van der Waals surface area (Å²) in [7, 11) is 1.97. The minimum atomic E-state index is -0.335. The van der Waals surface area contributed by atoms with Gasteiger partial charge in [0.15, 0.2) is 0 Å². The van der Waals surface area contributed by atoms with Crippen molar-refractivity contribution in [3.05, 3.63) is 0 Å². The summed E-state index contributed by atoms with van der Waals surface area (Å²) in [5, 5.41) is 18.9. The second-order valence-corrected chi connectivity index (χ2v) is 4.40. The fraction of sp³-hybridized carbons (Fsp3) is 1.00. The summed E-state index contributed by atoms with van der Waals surface area (Å²) in [6.07, 6.45) is 3.69. The summed E-state index contributed by atoms with van der Waals surface area (Å²) in [6.45, 7) is 0.244. The smallest absolute Gasteiger partial charge is 0.108 e. The second kappa shape index (κ2) is 2.69. The van der Waals surface area contributed by atoms with E-state index >= 15 is 0 Å². The number of aliphatic hydroxyl groups is 2. The average Bonchev–Trinajstić information content (AvgIpc) is 2.43. The summed E-state index contributed by atoms with van der Waals surface area (Å²) in [4.78, 5) is 2.04. The molecule has 2 N–H and O–H groups in total. The molecule has 2 unspecified atom stereocenters. The number of nitrogens with zero attached hydrogens (tertiary/aromatic N) is 1. The first-order valence-electron chi connectivity index (χ1n) is 4.68. The van der Waals surface area contributed by atoms with Crippen LogP contribution in [0.4, 0.5) is 0 Å². The molecular weight excluding hydrogens is 154 g/mol. The van der Waals surface area contributed by atoms with Crippen molar-refractivity contribution in [2.24, 2.45) is 5.41 Å². The Morgan fingerprint density at radius 2 is 2.25 bits per heavy atom. The zero-order valence-corrected chi connectivity index (χ0v) is 7.53. The van der Waals surface area contributed by atoms with Gasteiger partial charge in [-0.2, -0.15) is 0 Å². The molecule has 0 aromatic heterocycles. The molecule has 1 saturated carbocycles. The number of rotatable bonds is 1. The van der Waals surface area contributed by atoms with Crippen LogP contribution in [0.25, 0.3) is 0 Å². The van der Waals surface area contributed by atoms with Crippen LogP contribution >= 0.6 is 0 Å². The van der Waals surface area contributed by atoms with Crippen LogP contribution in [-0.4, -0.2) is 41.0 Å². The van der Waals surface area contributed by atoms with Gasteiger partial charge in [-0.05, 0) is 38.1 Å². The quantitative estimate of drug-likeness (QED) is 0.591. The Kier molecular flexibility index (Phi) is 1.90. The Hall–Kier alpha value is -0.120. The van der Waals surface area contributed by atoms with Crippen molar-refractivity contribution in [2.45, 2.75) is 38.0 Å². The zero-order valence-electron chi connectivity index (χ0n) is 7.53. The summed E-state index contributed by atoms with van der Waals surface area (Å²) in [5.41, 5.74) is 0.0522. The molecule has 1 aliphatic heterocycles. The maximum absolute atomic E-state index is 9.67. The minimum absolute atomic E-state index is 0.0522. The van der Waals surface area contributed by atoms with Crippen molar-refractivity contribution in [3.63, 3.8) is 0 Å². The van der Waals surface area contributed by atoms with Crippen molar-refractivity contribution in [1.29, 1.82) is 0 Å². The lowest BCUT2D eigenvalue weighted by molar-refractivity contribution is -0.0757. The Bertz CT molecular complexity index is 185. The van der Waals surface area contributed by atoms with E-state index in [1.165, 1.54) is 0 Å². The van der Waals surface area contributed by atoms with Crippen LogP contribution in [-0.2, 0) is 0 Å². The Morgan fingerprint density at radius 3 is 2.92 bits per heavy atom. The molecule has 2 bridgehead atoms. The standard InChI is InChI=1S/C9H17NO2/c1-10-7-2-3-9(4-7,6-11)5-8(10)12/h7-8,11-12H,2-6H2,1H3/t7?,8-,9?/m0/s1. The third kappa shape index (κ3) is 1.08. The first-order valence-corrected chi connectivity index (χ1v) is 4.68. The van der Waals surface area contributed by atoms with Crippen molar-refractivity contribution >= 4 is 0 Å². The largest absolute Gasteiger partial charge is 0.396 e. The molecule has 0 aromatic rings. The topological polar surface area (TPSA) is 43.7 Å². The third-order valence-electron chi connectivity index (χ3n) is 3.67. The number of aliphatic hydroxyl groups excluding tert-OH is 2. The van der Waals surface area contributed by atoms with E-state index in [9.17, 15) is 10.2 Å². The van der Waals surface area contributed by atoms with Gasteiger partial charge >= 0.3 is 0 Å². The monoisotopic (exact) mass is 171 g/mol. The zero-order chi connectivity index (χ0) is 8.77. The van der Waals surface area contributed by atoms with Gasteiger partial charge in [-0.25, -0.2) is 0 Å². The van der Waals surface area contributed by atoms with Gasteiger partial charge < -0.3 is 10.2 Å². The first kappa shape index (κ1) is 8.48. The van der Waals surface area contributed by atoms with Crippen molar-refractivity contribution in [1.82, 2.24) is 4.90 Å². The van der Waals surface area contributed by atoms with E-state index in [1.807, 2.05) is 11.9 Å².